The summed E-state index contributed by atoms with van der Waals surface area (Å²) in [6, 6.07) is 0.358. The summed E-state index contributed by atoms with van der Waals surface area (Å²) in [6.45, 7) is 11.1. The molecule has 1 aliphatic heterocycles. The number of amides is 3. The van der Waals surface area contributed by atoms with Gasteiger partial charge in [-0.05, 0) is 67.6 Å². The lowest BCUT2D eigenvalue weighted by Crippen LogP contribution is -2.62. The average molecular weight is 731 g/mol. The lowest BCUT2D eigenvalue weighted by molar-refractivity contribution is -0.268. The SMILES string of the molecule is C=C/C=C(\C=C)COC(CCCC1OCCO1)(C(=O)NNC(=O)c1nc(Br)c(C(F)(F)F)cc1NC(=O)OC(C)(C)C)C(F)(F)F. The predicted octanol–water partition coefficient (Wildman–Crippen LogP) is 6.13. The van der Waals surface area contributed by atoms with Gasteiger partial charge in [0.1, 0.15) is 10.2 Å². The standard InChI is InChI=1S/C28H33BrF6N4O7/c1-6-9-16(7-2)15-45-26(28(33,34)35,11-8-10-19-43-12-13-44-19)23(41)39-38-22(40)20-18(36-24(42)46-25(3,4)5)14-17(21(29)37-20)27(30,31)32/h6-7,9,14,19H,1-2,8,10-13,15H2,3-5H3,(H,36,42)(H,38,40)(H,39,41)/b16-9+. The minimum absolute atomic E-state index is 0.0269. The molecule has 1 aromatic heterocycles. The third-order valence-corrected chi connectivity index (χ3v) is 6.59. The topological polar surface area (TPSA) is 137 Å². The Bertz CT molecular complexity index is 1320. The molecule has 0 spiro atoms. The van der Waals surface area contributed by atoms with Crippen LogP contribution >= 0.6 is 15.9 Å². The number of hydrogen-bond donors (Lipinski definition) is 3. The van der Waals surface area contributed by atoms with Crippen molar-refractivity contribution < 1.29 is 59.7 Å². The first-order chi connectivity index (χ1) is 21.2. The van der Waals surface area contributed by atoms with Gasteiger partial charge < -0.3 is 18.9 Å². The van der Waals surface area contributed by atoms with E-state index in [2.05, 4.69) is 34.1 Å². The van der Waals surface area contributed by atoms with Crippen molar-refractivity contribution in [2.75, 3.05) is 25.1 Å². The van der Waals surface area contributed by atoms with Gasteiger partial charge in [0.05, 0.1) is 31.1 Å². The lowest BCUT2D eigenvalue weighted by Gasteiger charge is -2.34. The fraction of sp³-hybridized carbons (Fsp3) is 0.500. The summed E-state index contributed by atoms with van der Waals surface area (Å²) in [5.74, 6) is -3.35. The Morgan fingerprint density at radius 1 is 1.09 bits per heavy atom. The van der Waals surface area contributed by atoms with E-state index in [-0.39, 0.29) is 31.6 Å². The summed E-state index contributed by atoms with van der Waals surface area (Å²) in [5.41, 5.74) is -4.31. The molecule has 3 N–H and O–H groups in total. The molecule has 1 aliphatic rings. The Morgan fingerprint density at radius 3 is 2.24 bits per heavy atom. The van der Waals surface area contributed by atoms with Crippen LogP contribution < -0.4 is 16.2 Å². The van der Waals surface area contributed by atoms with Gasteiger partial charge in [0.2, 0.25) is 5.60 Å². The summed E-state index contributed by atoms with van der Waals surface area (Å²) in [5, 5.41) is 1.97. The Balaban J connectivity index is 2.42. The highest BCUT2D eigenvalue weighted by Crippen LogP contribution is 2.39. The third kappa shape index (κ3) is 10.8. The first kappa shape index (κ1) is 38.7. The van der Waals surface area contributed by atoms with Crippen LogP contribution in [0.2, 0.25) is 0 Å². The molecule has 1 aromatic rings. The second-order valence-electron chi connectivity index (χ2n) is 10.6. The van der Waals surface area contributed by atoms with Gasteiger partial charge in [0, 0.05) is 0 Å². The van der Waals surface area contributed by atoms with E-state index in [4.69, 9.17) is 18.9 Å². The number of nitrogens with one attached hydrogen (secondary N) is 3. The zero-order valence-corrected chi connectivity index (χ0v) is 26.6. The van der Waals surface area contributed by atoms with Crippen LogP contribution in [0.25, 0.3) is 0 Å². The molecule has 2 heterocycles. The van der Waals surface area contributed by atoms with Crippen molar-refractivity contribution in [1.82, 2.24) is 15.8 Å². The number of carbonyl (C=O) groups is 3. The highest BCUT2D eigenvalue weighted by molar-refractivity contribution is 9.10. The summed E-state index contributed by atoms with van der Waals surface area (Å²) in [6.07, 6.45) is -9.90. The van der Waals surface area contributed by atoms with Crippen LogP contribution in [0.1, 0.15) is 56.1 Å². The minimum atomic E-state index is -5.35. The van der Waals surface area contributed by atoms with Gasteiger partial charge in [0.15, 0.2) is 12.0 Å². The van der Waals surface area contributed by atoms with E-state index >= 15 is 0 Å². The monoisotopic (exact) mass is 730 g/mol. The van der Waals surface area contributed by atoms with E-state index in [0.29, 0.717) is 6.07 Å². The molecule has 256 valence electrons. The van der Waals surface area contributed by atoms with Crippen LogP contribution in [0.4, 0.5) is 36.8 Å². The van der Waals surface area contributed by atoms with E-state index in [1.165, 1.54) is 39.0 Å². The summed E-state index contributed by atoms with van der Waals surface area (Å²) in [4.78, 5) is 42.1. The smallest absolute Gasteiger partial charge is 0.426 e. The first-order valence-corrected chi connectivity index (χ1v) is 14.3. The zero-order chi connectivity index (χ0) is 34.9. The van der Waals surface area contributed by atoms with E-state index < -0.39 is 82.3 Å². The number of hydrogen-bond acceptors (Lipinski definition) is 8. The molecule has 1 unspecified atom stereocenters. The van der Waals surface area contributed by atoms with Gasteiger partial charge in [-0.25, -0.2) is 9.78 Å². The molecule has 0 bridgehead atoms. The number of rotatable bonds is 12. The molecule has 2 rings (SSSR count). The number of alkyl halides is 6. The van der Waals surface area contributed by atoms with Crippen molar-refractivity contribution in [1.29, 1.82) is 0 Å². The van der Waals surface area contributed by atoms with Crippen LogP contribution in [0.15, 0.2) is 47.6 Å². The van der Waals surface area contributed by atoms with Crippen LogP contribution in [-0.4, -0.2) is 66.4 Å². The number of aromatic nitrogens is 1. The van der Waals surface area contributed by atoms with Gasteiger partial charge in [0.25, 0.3) is 11.8 Å². The maximum Gasteiger partial charge on any atom is 0.426 e. The number of ether oxygens (including phenoxy) is 4. The molecule has 18 heteroatoms. The molecule has 3 amide bonds. The largest absolute Gasteiger partial charge is 0.444 e. The van der Waals surface area contributed by atoms with E-state index in [9.17, 15) is 40.7 Å². The Morgan fingerprint density at radius 2 is 1.72 bits per heavy atom. The first-order valence-electron chi connectivity index (χ1n) is 13.5. The highest BCUT2D eigenvalue weighted by atomic mass is 79.9. The van der Waals surface area contributed by atoms with Gasteiger partial charge >= 0.3 is 18.4 Å². The van der Waals surface area contributed by atoms with Crippen LogP contribution in [0.3, 0.4) is 0 Å². The summed E-state index contributed by atoms with van der Waals surface area (Å²) < 4.78 is 104. The number of hydrazine groups is 1. The van der Waals surface area contributed by atoms with Crippen LogP contribution in [-0.2, 0) is 29.9 Å². The second-order valence-corrected chi connectivity index (χ2v) is 11.4. The number of anilines is 1. The Hall–Kier alpha value is -3.48. The maximum atomic E-state index is 14.7. The Labute approximate surface area is 268 Å². The summed E-state index contributed by atoms with van der Waals surface area (Å²) in [7, 11) is 0. The minimum Gasteiger partial charge on any atom is -0.444 e. The molecule has 0 saturated carbocycles. The zero-order valence-electron chi connectivity index (χ0n) is 25.0. The average Bonchev–Trinajstić information content (AvgIpc) is 3.44. The predicted molar refractivity (Wildman–Crippen MR) is 155 cm³/mol. The molecule has 0 aromatic carbocycles. The molecule has 11 nitrogen and oxygen atoms in total. The van der Waals surface area contributed by atoms with Crippen LogP contribution in [0.5, 0.6) is 0 Å². The molecular formula is C28H33BrF6N4O7. The molecule has 1 saturated heterocycles. The van der Waals surface area contributed by atoms with Crippen molar-refractivity contribution in [3.8, 4) is 0 Å². The fourth-order valence-electron chi connectivity index (χ4n) is 3.87. The number of halogens is 7. The molecule has 1 fully saturated rings. The summed E-state index contributed by atoms with van der Waals surface area (Å²) >= 11 is 2.60. The van der Waals surface area contributed by atoms with Crippen molar-refractivity contribution >= 4 is 39.5 Å². The molecule has 0 radical (unpaired) electrons. The van der Waals surface area contributed by atoms with Crippen LogP contribution in [0, 0.1) is 0 Å². The maximum absolute atomic E-state index is 14.7. The normalized spacial score (nSPS) is 15.9. The molecule has 46 heavy (non-hydrogen) atoms. The number of pyridine rings is 1. The second kappa shape index (κ2) is 15.9. The number of carbonyl (C=O) groups excluding carboxylic acids is 3. The highest BCUT2D eigenvalue weighted by Gasteiger charge is 2.61. The van der Waals surface area contributed by atoms with Gasteiger partial charge in [-0.2, -0.15) is 26.3 Å². The molecule has 1 atom stereocenters. The lowest BCUT2D eigenvalue weighted by atomic mass is 9.94. The molecular weight excluding hydrogens is 698 g/mol. The number of nitrogens with zero attached hydrogens (tertiary/aromatic N) is 1. The third-order valence-electron chi connectivity index (χ3n) is 5.99. The quantitative estimate of drug-likeness (QED) is 0.101. The molecule has 0 aliphatic carbocycles. The van der Waals surface area contributed by atoms with Crippen molar-refractivity contribution in [2.45, 2.75) is 69.9 Å². The number of allylic oxidation sites excluding steroid dienone is 2. The van der Waals surface area contributed by atoms with E-state index in [1.54, 1.807) is 10.9 Å². The van der Waals surface area contributed by atoms with Crippen molar-refractivity contribution in [3.05, 3.63) is 58.9 Å². The van der Waals surface area contributed by atoms with Gasteiger partial charge in [-0.1, -0.05) is 31.4 Å². The Kier molecular flexibility index (Phi) is 13.4. The van der Waals surface area contributed by atoms with E-state index in [1.807, 2.05) is 5.32 Å². The van der Waals surface area contributed by atoms with Crippen molar-refractivity contribution in [3.63, 3.8) is 0 Å². The van der Waals surface area contributed by atoms with Crippen molar-refractivity contribution in [2.24, 2.45) is 0 Å². The van der Waals surface area contributed by atoms with E-state index in [0.717, 1.165) is 0 Å². The van der Waals surface area contributed by atoms with Gasteiger partial charge in [-0.3, -0.25) is 25.8 Å². The van der Waals surface area contributed by atoms with Gasteiger partial charge in [-0.15, -0.1) is 0 Å². The fourth-order valence-corrected chi connectivity index (χ4v) is 4.39.